The molecule has 2 rings (SSSR count). The third-order valence-electron chi connectivity index (χ3n) is 19.3. The van der Waals surface area contributed by atoms with Crippen LogP contribution in [-0.4, -0.2) is 140 Å². The lowest BCUT2D eigenvalue weighted by molar-refractivity contribution is -0.359. The molecule has 0 aliphatic carbocycles. The normalized spacial score (nSPS) is 22.6. The first kappa shape index (κ1) is 89.5. The van der Waals surface area contributed by atoms with E-state index in [1.807, 2.05) is 6.08 Å². The number of aliphatic hydroxyl groups excluding tert-OH is 8. The molecule has 1 amide bonds. The lowest BCUT2D eigenvalue weighted by Gasteiger charge is -2.46. The molecule has 0 aromatic rings. The van der Waals surface area contributed by atoms with Crippen LogP contribution in [0.15, 0.2) is 72.9 Å². The molecule has 2 heterocycles. The van der Waals surface area contributed by atoms with Crippen LogP contribution in [0.5, 0.6) is 0 Å². The summed E-state index contributed by atoms with van der Waals surface area (Å²) >= 11 is 0. The molecule has 2 fully saturated rings. The molecular weight excluding hydrogens is 1210 g/mol. The van der Waals surface area contributed by atoms with Crippen LogP contribution < -0.4 is 5.32 Å². The Labute approximate surface area is 587 Å². The van der Waals surface area contributed by atoms with Crippen molar-refractivity contribution in [2.75, 3.05) is 19.8 Å². The highest BCUT2D eigenvalue weighted by Gasteiger charge is 2.51. The van der Waals surface area contributed by atoms with Gasteiger partial charge < -0.3 is 65.1 Å². The van der Waals surface area contributed by atoms with E-state index in [0.29, 0.717) is 12.8 Å². The molecule has 0 aromatic carbocycles. The van der Waals surface area contributed by atoms with Crippen LogP contribution in [0.3, 0.4) is 0 Å². The first-order valence-corrected chi connectivity index (χ1v) is 40.2. The molecule has 96 heavy (non-hydrogen) atoms. The van der Waals surface area contributed by atoms with E-state index in [9.17, 15) is 45.6 Å². The fraction of sp³-hybridized carbons (Fsp3) is 0.841. The highest BCUT2D eigenvalue weighted by atomic mass is 16.7. The average molecular weight is 1360 g/mol. The van der Waals surface area contributed by atoms with Gasteiger partial charge >= 0.3 is 0 Å². The minimum atomic E-state index is -1.80. The van der Waals surface area contributed by atoms with Crippen LogP contribution in [-0.2, 0) is 23.7 Å². The third kappa shape index (κ3) is 48.3. The van der Waals surface area contributed by atoms with Gasteiger partial charge in [-0.25, -0.2) is 0 Å². The molecule has 0 aromatic heterocycles. The van der Waals surface area contributed by atoms with Gasteiger partial charge in [-0.1, -0.05) is 331 Å². The fourth-order valence-electron chi connectivity index (χ4n) is 13.0. The quantitative estimate of drug-likeness (QED) is 0.0204. The molecule has 14 nitrogen and oxygen atoms in total. The molecule has 9 N–H and O–H groups in total. The summed E-state index contributed by atoms with van der Waals surface area (Å²) in [6, 6.07) is -0.943. The summed E-state index contributed by atoms with van der Waals surface area (Å²) in [6.07, 6.45) is 74.1. The fourth-order valence-corrected chi connectivity index (χ4v) is 13.0. The molecule has 0 bridgehead atoms. The summed E-state index contributed by atoms with van der Waals surface area (Å²) in [6.45, 7) is 2.81. The Kier molecular flexibility index (Phi) is 61.3. The zero-order valence-corrected chi connectivity index (χ0v) is 61.4. The van der Waals surface area contributed by atoms with Crippen LogP contribution in [0.1, 0.15) is 348 Å². The van der Waals surface area contributed by atoms with Crippen LogP contribution in [0.25, 0.3) is 0 Å². The Balaban J connectivity index is 1.65. The molecular formula is C82H149NO13. The van der Waals surface area contributed by atoms with E-state index in [1.165, 1.54) is 257 Å². The van der Waals surface area contributed by atoms with Crippen molar-refractivity contribution >= 4 is 5.91 Å². The number of rotatable bonds is 67. The number of hydrogen-bond donors (Lipinski definition) is 9. The second-order valence-corrected chi connectivity index (χ2v) is 28.2. The molecule has 0 radical (unpaired) electrons. The largest absolute Gasteiger partial charge is 0.394 e. The molecule has 12 atom stereocenters. The summed E-state index contributed by atoms with van der Waals surface area (Å²) < 4.78 is 22.9. The molecule has 14 heteroatoms. The summed E-state index contributed by atoms with van der Waals surface area (Å²) in [5, 5.41) is 87.6. The van der Waals surface area contributed by atoms with Crippen molar-refractivity contribution < 1.29 is 64.6 Å². The summed E-state index contributed by atoms with van der Waals surface area (Å²) in [7, 11) is 0. The maximum Gasteiger partial charge on any atom is 0.220 e. The van der Waals surface area contributed by atoms with E-state index < -0.39 is 86.8 Å². The number of amides is 1. The Bertz CT molecular complexity index is 1890. The highest BCUT2D eigenvalue weighted by Crippen LogP contribution is 2.30. The molecule has 12 unspecified atom stereocenters. The van der Waals surface area contributed by atoms with Gasteiger partial charge in [0.05, 0.1) is 32.0 Å². The Morgan fingerprint density at radius 1 is 0.375 bits per heavy atom. The predicted molar refractivity (Wildman–Crippen MR) is 397 cm³/mol. The van der Waals surface area contributed by atoms with Crippen molar-refractivity contribution in [3.63, 3.8) is 0 Å². The van der Waals surface area contributed by atoms with Gasteiger partial charge in [-0.3, -0.25) is 4.79 Å². The standard InChI is InChI=1S/C82H149NO13/c1-3-5-7-9-11-13-15-17-19-21-23-25-27-29-31-33-35-37-39-41-43-45-47-49-51-53-55-57-59-61-63-65-71(86)70(69-93-81-79(92)77(90)80(73(68-85)95-81)96-82-78(91)76(89)75(88)72(67-84)94-82)83-74(87)66-64-62-60-58-56-54-52-50-48-46-44-42-40-38-36-34-32-30-28-26-24-22-20-18-16-14-12-10-8-6-4-2/h16,18,22,24,28,30,47,49,55,57,63,65,70-73,75-82,84-86,88-92H,3-15,17,19-21,23,25-27,29,31-46,48,50-54,56,58-62,64,66-69H2,1-2H3,(H,83,87)/b18-16-,24-22-,30-28-,49-47+,57-55+,65-63+. The van der Waals surface area contributed by atoms with Crippen molar-refractivity contribution in [3.8, 4) is 0 Å². The van der Waals surface area contributed by atoms with Gasteiger partial charge in [0.2, 0.25) is 5.91 Å². The zero-order chi connectivity index (χ0) is 69.4. The number of allylic oxidation sites excluding steroid dienone is 11. The predicted octanol–water partition coefficient (Wildman–Crippen LogP) is 18.1. The van der Waals surface area contributed by atoms with Gasteiger partial charge in [0.25, 0.3) is 0 Å². The molecule has 2 aliphatic rings. The minimum Gasteiger partial charge on any atom is -0.394 e. The molecule has 560 valence electrons. The summed E-state index contributed by atoms with van der Waals surface area (Å²) in [5.74, 6) is -0.250. The van der Waals surface area contributed by atoms with E-state index in [0.717, 1.165) is 57.8 Å². The van der Waals surface area contributed by atoms with E-state index in [2.05, 4.69) is 79.9 Å². The van der Waals surface area contributed by atoms with E-state index in [-0.39, 0.29) is 18.9 Å². The number of carbonyl (C=O) groups is 1. The number of unbranched alkanes of at least 4 members (excludes halogenated alkanes) is 44. The Morgan fingerprint density at radius 3 is 1.09 bits per heavy atom. The van der Waals surface area contributed by atoms with Gasteiger partial charge in [-0.05, 0) is 83.5 Å². The zero-order valence-electron chi connectivity index (χ0n) is 61.4. The van der Waals surface area contributed by atoms with Gasteiger partial charge in [-0.2, -0.15) is 0 Å². The van der Waals surface area contributed by atoms with Crippen molar-refractivity contribution in [1.82, 2.24) is 5.32 Å². The number of nitrogens with one attached hydrogen (secondary N) is 1. The number of aliphatic hydroxyl groups is 8. The monoisotopic (exact) mass is 1360 g/mol. The topological polar surface area (TPSA) is 228 Å². The van der Waals surface area contributed by atoms with Crippen LogP contribution in [0, 0.1) is 0 Å². The van der Waals surface area contributed by atoms with Crippen LogP contribution in [0.4, 0.5) is 0 Å². The maximum absolute atomic E-state index is 13.4. The van der Waals surface area contributed by atoms with E-state index >= 15 is 0 Å². The Morgan fingerprint density at radius 2 is 0.698 bits per heavy atom. The number of carbonyl (C=O) groups excluding carboxylic acids is 1. The van der Waals surface area contributed by atoms with Crippen LogP contribution in [0.2, 0.25) is 0 Å². The second-order valence-electron chi connectivity index (χ2n) is 28.2. The third-order valence-corrected chi connectivity index (χ3v) is 19.3. The number of hydrogen-bond acceptors (Lipinski definition) is 13. The van der Waals surface area contributed by atoms with Gasteiger partial charge in [0.15, 0.2) is 12.6 Å². The molecule has 0 saturated carbocycles. The van der Waals surface area contributed by atoms with Crippen molar-refractivity contribution in [2.24, 2.45) is 0 Å². The summed E-state index contributed by atoms with van der Waals surface area (Å²) in [5.41, 5.74) is 0. The van der Waals surface area contributed by atoms with Crippen LogP contribution >= 0.6 is 0 Å². The van der Waals surface area contributed by atoms with Gasteiger partial charge in [0.1, 0.15) is 48.8 Å². The molecule has 2 saturated heterocycles. The average Bonchev–Trinajstić information content (AvgIpc) is 0.797. The second kappa shape index (κ2) is 65.7. The lowest BCUT2D eigenvalue weighted by atomic mass is 9.97. The van der Waals surface area contributed by atoms with Crippen molar-refractivity contribution in [1.29, 1.82) is 0 Å². The van der Waals surface area contributed by atoms with E-state index in [4.69, 9.17) is 18.9 Å². The maximum atomic E-state index is 13.4. The van der Waals surface area contributed by atoms with E-state index in [1.54, 1.807) is 6.08 Å². The first-order chi connectivity index (χ1) is 47.1. The first-order valence-electron chi connectivity index (χ1n) is 40.2. The van der Waals surface area contributed by atoms with Gasteiger partial charge in [0, 0.05) is 6.42 Å². The van der Waals surface area contributed by atoms with Gasteiger partial charge in [-0.15, -0.1) is 0 Å². The lowest BCUT2D eigenvalue weighted by Crippen LogP contribution is -2.65. The Hall–Kier alpha value is -2.57. The highest BCUT2D eigenvalue weighted by molar-refractivity contribution is 5.76. The minimum absolute atomic E-state index is 0.250. The van der Waals surface area contributed by atoms with Crippen molar-refractivity contribution in [3.05, 3.63) is 72.9 Å². The summed E-state index contributed by atoms with van der Waals surface area (Å²) in [4.78, 5) is 13.4. The van der Waals surface area contributed by atoms with Crippen molar-refractivity contribution in [2.45, 2.75) is 421 Å². The molecule has 0 spiro atoms. The molecule has 2 aliphatic heterocycles. The SMILES string of the molecule is CCCCCCC/C=C\C/C=C\C/C=C\CCCCCCCCCCCCCCCCCCC(=O)NC(COC1OC(CO)C(OC2OC(CO)C(O)C(O)C2O)C(O)C1O)C(O)/C=C/CC/C=C/CC/C=C/CCCCCCCCCCCCCCCCCCCCCCC. The number of ether oxygens (including phenoxy) is 4. The smallest absolute Gasteiger partial charge is 0.220 e.